The van der Waals surface area contributed by atoms with Crippen molar-refractivity contribution >= 4 is 17.7 Å². The van der Waals surface area contributed by atoms with Gasteiger partial charge in [0.15, 0.2) is 0 Å². The van der Waals surface area contributed by atoms with Crippen molar-refractivity contribution in [2.24, 2.45) is 0 Å². The summed E-state index contributed by atoms with van der Waals surface area (Å²) < 4.78 is 0. The Morgan fingerprint density at radius 1 is 1.30 bits per heavy atom. The largest absolute Gasteiger partial charge is 0.325 e. The van der Waals surface area contributed by atoms with Crippen LogP contribution in [-0.2, 0) is 20.8 Å². The molecule has 1 unspecified atom stereocenters. The summed E-state index contributed by atoms with van der Waals surface area (Å²) in [6.45, 7) is 1.25. The molecule has 106 valence electrons. The molecular weight excluding hydrogens is 268 g/mol. The van der Waals surface area contributed by atoms with Crippen LogP contribution in [0.3, 0.4) is 0 Å². The van der Waals surface area contributed by atoms with Gasteiger partial charge in [0, 0.05) is 11.8 Å². The summed E-state index contributed by atoms with van der Waals surface area (Å²) in [5.41, 5.74) is -1.23. The van der Waals surface area contributed by atoms with Crippen LogP contribution in [0.5, 0.6) is 0 Å². The van der Waals surface area contributed by atoms with E-state index in [1.165, 1.54) is 6.92 Å². The summed E-state index contributed by atoms with van der Waals surface area (Å²) in [4.78, 5) is 62.3. The molecule has 9 heteroatoms. The van der Waals surface area contributed by atoms with Crippen molar-refractivity contribution in [2.45, 2.75) is 19.4 Å². The van der Waals surface area contributed by atoms with Gasteiger partial charge in [0.25, 0.3) is 5.56 Å². The molecule has 0 radical (unpaired) electrons. The molecule has 1 fully saturated rings. The normalized spacial score (nSPS) is 18.9. The molecule has 3 N–H and O–H groups in total. The van der Waals surface area contributed by atoms with Gasteiger partial charge in [-0.05, 0) is 6.92 Å². The standard InChI is InChI=1S/C11H12N4O5/c1-5-10(19)13-8(17)4-15(5)9(18)3-6-2-7(16)14-11(20)12-6/h2,5H,3-4H2,1H3,(H,13,17,19)(H2,12,14,16,20). The monoisotopic (exact) mass is 280 g/mol. The topological polar surface area (TPSA) is 132 Å². The summed E-state index contributed by atoms with van der Waals surface area (Å²) >= 11 is 0. The number of rotatable bonds is 2. The van der Waals surface area contributed by atoms with Gasteiger partial charge < -0.3 is 9.88 Å². The quantitative estimate of drug-likeness (QED) is 0.514. The zero-order chi connectivity index (χ0) is 14.9. The van der Waals surface area contributed by atoms with E-state index in [4.69, 9.17) is 0 Å². The second kappa shape index (κ2) is 5.11. The maximum absolute atomic E-state index is 12.1. The molecule has 1 saturated heterocycles. The van der Waals surface area contributed by atoms with Crippen molar-refractivity contribution < 1.29 is 14.4 Å². The fourth-order valence-corrected chi connectivity index (χ4v) is 1.90. The van der Waals surface area contributed by atoms with E-state index in [1.807, 2.05) is 4.98 Å². The summed E-state index contributed by atoms with van der Waals surface area (Å²) in [5, 5.41) is 2.11. The summed E-state index contributed by atoms with van der Waals surface area (Å²) in [5.74, 6) is -1.66. The van der Waals surface area contributed by atoms with Crippen molar-refractivity contribution in [3.8, 4) is 0 Å². The van der Waals surface area contributed by atoms with Crippen LogP contribution in [0, 0.1) is 0 Å². The number of aromatic nitrogens is 2. The summed E-state index contributed by atoms with van der Waals surface area (Å²) in [6.07, 6.45) is -0.274. The predicted octanol–water partition coefficient (Wildman–Crippen LogP) is -2.52. The van der Waals surface area contributed by atoms with Crippen molar-refractivity contribution in [1.82, 2.24) is 20.2 Å². The maximum atomic E-state index is 12.1. The average molecular weight is 280 g/mol. The lowest BCUT2D eigenvalue weighted by Crippen LogP contribution is -2.58. The third kappa shape index (κ3) is 2.82. The summed E-state index contributed by atoms with van der Waals surface area (Å²) in [7, 11) is 0. The fraction of sp³-hybridized carbons (Fsp3) is 0.364. The van der Waals surface area contributed by atoms with Gasteiger partial charge in [-0.3, -0.25) is 29.5 Å². The molecule has 9 nitrogen and oxygen atoms in total. The number of nitrogens with one attached hydrogen (secondary N) is 3. The zero-order valence-corrected chi connectivity index (χ0v) is 10.6. The number of carbonyl (C=O) groups is 3. The van der Waals surface area contributed by atoms with E-state index in [0.29, 0.717) is 0 Å². The zero-order valence-electron chi connectivity index (χ0n) is 10.6. The van der Waals surface area contributed by atoms with Crippen LogP contribution in [0.15, 0.2) is 15.7 Å². The highest BCUT2D eigenvalue weighted by Crippen LogP contribution is 2.07. The van der Waals surface area contributed by atoms with Crippen LogP contribution >= 0.6 is 0 Å². The van der Waals surface area contributed by atoms with Crippen molar-refractivity contribution in [3.05, 3.63) is 32.6 Å². The van der Waals surface area contributed by atoms with Crippen molar-refractivity contribution in [3.63, 3.8) is 0 Å². The summed E-state index contributed by atoms with van der Waals surface area (Å²) in [6, 6.07) is 0.296. The van der Waals surface area contributed by atoms with Crippen LogP contribution in [0.2, 0.25) is 0 Å². The Morgan fingerprint density at radius 2 is 2.00 bits per heavy atom. The van der Waals surface area contributed by atoms with Gasteiger partial charge in [-0.25, -0.2) is 4.79 Å². The Labute approximate surface area is 112 Å². The van der Waals surface area contributed by atoms with Crippen LogP contribution < -0.4 is 16.6 Å². The van der Waals surface area contributed by atoms with Crippen LogP contribution in [0.1, 0.15) is 12.6 Å². The molecule has 0 aromatic carbocycles. The minimum Gasteiger partial charge on any atom is -0.321 e. The SMILES string of the molecule is CC1C(=O)NC(=O)CN1C(=O)Cc1cc(=O)[nH]c(=O)[nH]1. The second-order valence-electron chi connectivity index (χ2n) is 4.40. The molecule has 3 amide bonds. The number of hydrogen-bond donors (Lipinski definition) is 3. The molecule has 1 aliphatic heterocycles. The molecule has 0 bridgehead atoms. The molecule has 0 saturated carbocycles. The first-order chi connectivity index (χ1) is 9.36. The fourth-order valence-electron chi connectivity index (χ4n) is 1.90. The van der Waals surface area contributed by atoms with E-state index in [2.05, 4.69) is 10.3 Å². The van der Waals surface area contributed by atoms with Gasteiger partial charge in [0.05, 0.1) is 6.42 Å². The lowest BCUT2D eigenvalue weighted by Gasteiger charge is -2.31. The molecule has 2 heterocycles. The third-order valence-electron chi connectivity index (χ3n) is 2.90. The lowest BCUT2D eigenvalue weighted by molar-refractivity contribution is -0.149. The molecule has 0 aliphatic carbocycles. The number of carbonyl (C=O) groups excluding carboxylic acids is 3. The molecule has 1 aromatic heterocycles. The Kier molecular flexibility index (Phi) is 3.51. The van der Waals surface area contributed by atoms with E-state index in [-0.39, 0.29) is 18.7 Å². The van der Waals surface area contributed by atoms with Gasteiger partial charge in [-0.2, -0.15) is 0 Å². The Morgan fingerprint density at radius 3 is 2.65 bits per heavy atom. The number of hydrogen-bond acceptors (Lipinski definition) is 5. The number of H-pyrrole nitrogens is 2. The third-order valence-corrected chi connectivity index (χ3v) is 2.90. The Hall–Kier alpha value is -2.71. The Balaban J connectivity index is 2.19. The van der Waals surface area contributed by atoms with Gasteiger partial charge in [0.2, 0.25) is 17.7 Å². The highest BCUT2D eigenvalue weighted by Gasteiger charge is 2.33. The predicted molar refractivity (Wildman–Crippen MR) is 65.7 cm³/mol. The molecule has 2 rings (SSSR count). The van der Waals surface area contributed by atoms with E-state index >= 15 is 0 Å². The molecule has 0 spiro atoms. The van der Waals surface area contributed by atoms with Crippen LogP contribution in [-0.4, -0.2) is 45.2 Å². The maximum Gasteiger partial charge on any atom is 0.325 e. The molecule has 1 aromatic rings. The number of nitrogens with zero attached hydrogens (tertiary/aromatic N) is 1. The van der Waals surface area contributed by atoms with E-state index in [9.17, 15) is 24.0 Å². The molecule has 1 aliphatic rings. The second-order valence-corrected chi connectivity index (χ2v) is 4.40. The minimum atomic E-state index is -0.783. The molecule has 20 heavy (non-hydrogen) atoms. The first kappa shape index (κ1) is 13.7. The molecule has 1 atom stereocenters. The first-order valence-electron chi connectivity index (χ1n) is 5.82. The van der Waals surface area contributed by atoms with Crippen LogP contribution in [0.4, 0.5) is 0 Å². The van der Waals surface area contributed by atoms with Gasteiger partial charge in [-0.15, -0.1) is 0 Å². The highest BCUT2D eigenvalue weighted by atomic mass is 16.2. The van der Waals surface area contributed by atoms with Crippen LogP contribution in [0.25, 0.3) is 0 Å². The smallest absolute Gasteiger partial charge is 0.321 e. The minimum absolute atomic E-state index is 0.120. The highest BCUT2D eigenvalue weighted by molar-refractivity contribution is 6.04. The van der Waals surface area contributed by atoms with E-state index in [0.717, 1.165) is 11.0 Å². The van der Waals surface area contributed by atoms with Crippen molar-refractivity contribution in [1.29, 1.82) is 0 Å². The first-order valence-corrected chi connectivity index (χ1v) is 5.82. The van der Waals surface area contributed by atoms with E-state index < -0.39 is 35.0 Å². The number of aromatic amines is 2. The van der Waals surface area contributed by atoms with E-state index in [1.54, 1.807) is 0 Å². The number of amides is 3. The Bertz CT molecular complexity index is 660. The number of piperazine rings is 1. The number of imide groups is 1. The van der Waals surface area contributed by atoms with Gasteiger partial charge in [0.1, 0.15) is 12.6 Å². The average Bonchev–Trinajstić information content (AvgIpc) is 2.32. The lowest BCUT2D eigenvalue weighted by atomic mass is 10.1. The van der Waals surface area contributed by atoms with Gasteiger partial charge in [-0.1, -0.05) is 0 Å². The van der Waals surface area contributed by atoms with Crippen molar-refractivity contribution in [2.75, 3.05) is 6.54 Å². The van der Waals surface area contributed by atoms with Gasteiger partial charge >= 0.3 is 5.69 Å². The molecular formula is C11H12N4O5.